The maximum atomic E-state index is 12.5. The molecule has 0 saturated heterocycles. The van der Waals surface area contributed by atoms with E-state index in [1.165, 1.54) is 0 Å². The topological polar surface area (TPSA) is 46.3 Å². The van der Waals surface area contributed by atoms with Crippen molar-refractivity contribution in [3.8, 4) is 0 Å². The Morgan fingerprint density at radius 1 is 1.33 bits per heavy atom. The van der Waals surface area contributed by atoms with Crippen LogP contribution in [-0.4, -0.2) is 34.9 Å². The molecule has 3 nitrogen and oxygen atoms in total. The number of amides is 1. The summed E-state index contributed by atoms with van der Waals surface area (Å²) in [6.07, 6.45) is 2.69. The molecule has 21 heavy (non-hydrogen) atoms. The number of carbonyl (C=O) groups excluding carboxylic acids is 1. The molecular formula is C15H22Cl2N2OS. The fraction of sp³-hybridized carbons (Fsp3) is 0.533. The maximum Gasteiger partial charge on any atom is 0.240 e. The lowest BCUT2D eigenvalue weighted by Crippen LogP contribution is -2.46. The summed E-state index contributed by atoms with van der Waals surface area (Å²) < 4.78 is 0. The Hall–Kier alpha value is -0.420. The van der Waals surface area contributed by atoms with Crippen LogP contribution >= 0.6 is 35.0 Å². The number of rotatable bonds is 7. The molecule has 6 heteroatoms. The summed E-state index contributed by atoms with van der Waals surface area (Å²) in [4.78, 5) is 14.3. The molecule has 0 aliphatic carbocycles. The molecule has 2 N–H and O–H groups in total. The third-order valence-electron chi connectivity index (χ3n) is 3.19. The van der Waals surface area contributed by atoms with E-state index in [1.807, 2.05) is 26.2 Å². The van der Waals surface area contributed by atoms with Crippen LogP contribution < -0.4 is 5.73 Å². The minimum Gasteiger partial charge on any atom is -0.335 e. The van der Waals surface area contributed by atoms with E-state index in [9.17, 15) is 4.79 Å². The number of nitrogens with two attached hydrogens (primary N) is 1. The summed E-state index contributed by atoms with van der Waals surface area (Å²) >= 11 is 13.6. The number of nitrogens with zero attached hydrogens (tertiary/aromatic N) is 1. The van der Waals surface area contributed by atoms with Gasteiger partial charge in [-0.2, -0.15) is 11.8 Å². The van der Waals surface area contributed by atoms with E-state index >= 15 is 0 Å². The first-order valence-corrected chi connectivity index (χ1v) is 9.00. The third kappa shape index (κ3) is 5.70. The highest BCUT2D eigenvalue weighted by Gasteiger charge is 2.23. The largest absolute Gasteiger partial charge is 0.335 e. The van der Waals surface area contributed by atoms with Crippen LogP contribution in [0.5, 0.6) is 0 Å². The van der Waals surface area contributed by atoms with Gasteiger partial charge in [-0.15, -0.1) is 0 Å². The van der Waals surface area contributed by atoms with E-state index in [0.29, 0.717) is 23.0 Å². The van der Waals surface area contributed by atoms with Gasteiger partial charge in [-0.25, -0.2) is 0 Å². The van der Waals surface area contributed by atoms with Gasteiger partial charge in [-0.3, -0.25) is 4.79 Å². The first-order chi connectivity index (χ1) is 9.86. The summed E-state index contributed by atoms with van der Waals surface area (Å²) in [5.74, 6) is 0.858. The Bertz CT molecular complexity index is 483. The van der Waals surface area contributed by atoms with Gasteiger partial charge in [0.15, 0.2) is 0 Å². The fourth-order valence-electron chi connectivity index (χ4n) is 1.93. The zero-order valence-corrected chi connectivity index (χ0v) is 14.9. The Morgan fingerprint density at radius 2 is 2.00 bits per heavy atom. The van der Waals surface area contributed by atoms with Crippen molar-refractivity contribution in [2.45, 2.75) is 38.9 Å². The number of hydrogen-bond acceptors (Lipinski definition) is 3. The molecule has 0 radical (unpaired) electrons. The van der Waals surface area contributed by atoms with E-state index in [-0.39, 0.29) is 11.9 Å². The second-order valence-electron chi connectivity index (χ2n) is 5.20. The van der Waals surface area contributed by atoms with Crippen LogP contribution in [0.1, 0.15) is 25.8 Å². The number of carbonyl (C=O) groups is 1. The molecule has 0 saturated carbocycles. The average Bonchev–Trinajstić information content (AvgIpc) is 2.44. The summed E-state index contributed by atoms with van der Waals surface area (Å²) in [5.41, 5.74) is 6.95. The molecule has 1 atom stereocenters. The molecule has 0 heterocycles. The van der Waals surface area contributed by atoms with E-state index in [4.69, 9.17) is 28.9 Å². The van der Waals surface area contributed by atoms with Gasteiger partial charge < -0.3 is 10.6 Å². The van der Waals surface area contributed by atoms with Crippen molar-refractivity contribution in [2.75, 3.05) is 12.0 Å². The van der Waals surface area contributed by atoms with Gasteiger partial charge in [0.05, 0.1) is 16.1 Å². The smallest absolute Gasteiger partial charge is 0.240 e. The van der Waals surface area contributed by atoms with Crippen LogP contribution in [0.2, 0.25) is 10.0 Å². The van der Waals surface area contributed by atoms with Crippen LogP contribution in [0.25, 0.3) is 0 Å². The lowest BCUT2D eigenvalue weighted by atomic mass is 10.1. The Balaban J connectivity index is 2.81. The van der Waals surface area contributed by atoms with E-state index in [0.717, 1.165) is 11.3 Å². The Kier molecular flexibility index (Phi) is 7.88. The molecule has 1 amide bonds. The molecular weight excluding hydrogens is 327 g/mol. The molecule has 0 aliphatic heterocycles. The first kappa shape index (κ1) is 18.6. The summed E-state index contributed by atoms with van der Waals surface area (Å²) in [5, 5.41) is 1.01. The zero-order chi connectivity index (χ0) is 16.0. The quantitative estimate of drug-likeness (QED) is 0.814. The van der Waals surface area contributed by atoms with Gasteiger partial charge in [-0.1, -0.05) is 29.3 Å². The van der Waals surface area contributed by atoms with E-state index < -0.39 is 6.04 Å². The van der Waals surface area contributed by atoms with Crippen LogP contribution in [-0.2, 0) is 11.3 Å². The van der Waals surface area contributed by atoms with Gasteiger partial charge in [0.25, 0.3) is 0 Å². The molecule has 0 unspecified atom stereocenters. The van der Waals surface area contributed by atoms with Crippen molar-refractivity contribution in [3.63, 3.8) is 0 Å². The van der Waals surface area contributed by atoms with Gasteiger partial charge in [-0.05, 0) is 50.0 Å². The lowest BCUT2D eigenvalue weighted by Gasteiger charge is -2.29. The molecule has 1 aromatic rings. The summed E-state index contributed by atoms with van der Waals surface area (Å²) in [6.45, 7) is 4.45. The highest BCUT2D eigenvalue weighted by Crippen LogP contribution is 2.23. The average molecular weight is 349 g/mol. The number of halogens is 2. The highest BCUT2D eigenvalue weighted by atomic mass is 35.5. The monoisotopic (exact) mass is 348 g/mol. The van der Waals surface area contributed by atoms with Crippen molar-refractivity contribution in [1.82, 2.24) is 4.90 Å². The zero-order valence-electron chi connectivity index (χ0n) is 12.6. The predicted molar refractivity (Wildman–Crippen MR) is 93.1 cm³/mol. The molecule has 0 fully saturated rings. The van der Waals surface area contributed by atoms with E-state index in [1.54, 1.807) is 28.8 Å². The number of hydrogen-bond donors (Lipinski definition) is 1. The van der Waals surface area contributed by atoms with Crippen LogP contribution in [0.15, 0.2) is 18.2 Å². The lowest BCUT2D eigenvalue weighted by molar-refractivity contribution is -0.135. The molecule has 0 aromatic heterocycles. The molecule has 0 spiro atoms. The first-order valence-electron chi connectivity index (χ1n) is 6.85. The van der Waals surface area contributed by atoms with Crippen molar-refractivity contribution in [1.29, 1.82) is 0 Å². The second kappa shape index (κ2) is 8.89. The minimum absolute atomic E-state index is 0.0230. The second-order valence-corrected chi connectivity index (χ2v) is 7.00. The van der Waals surface area contributed by atoms with Crippen LogP contribution in [0.4, 0.5) is 0 Å². The predicted octanol–water partition coefficient (Wildman–Crippen LogP) is 3.81. The standard InChI is InChI=1S/C15H22Cl2N2OS/c1-10(2)19(15(20)14(18)6-7-21-3)9-11-4-5-12(16)13(17)8-11/h4-5,8,10,14H,6-7,9,18H2,1-3H3/t14-/m0/s1. The van der Waals surface area contributed by atoms with Gasteiger partial charge in [0.2, 0.25) is 5.91 Å². The molecule has 118 valence electrons. The SMILES string of the molecule is CSCC[C@H](N)C(=O)N(Cc1ccc(Cl)c(Cl)c1)C(C)C. The van der Waals surface area contributed by atoms with Crippen LogP contribution in [0, 0.1) is 0 Å². The van der Waals surface area contributed by atoms with Gasteiger partial charge in [0.1, 0.15) is 0 Å². The van der Waals surface area contributed by atoms with Crippen molar-refractivity contribution < 1.29 is 4.79 Å². The molecule has 0 aliphatic rings. The summed E-state index contributed by atoms with van der Waals surface area (Å²) in [6, 6.07) is 5.04. The summed E-state index contributed by atoms with van der Waals surface area (Å²) in [7, 11) is 0. The normalized spacial score (nSPS) is 12.5. The van der Waals surface area contributed by atoms with Gasteiger partial charge >= 0.3 is 0 Å². The number of thioether (sulfide) groups is 1. The Labute approximate surface area is 141 Å². The number of benzene rings is 1. The fourth-order valence-corrected chi connectivity index (χ4v) is 2.74. The molecule has 0 bridgehead atoms. The molecule has 1 rings (SSSR count). The Morgan fingerprint density at radius 3 is 2.52 bits per heavy atom. The maximum absolute atomic E-state index is 12.5. The van der Waals surface area contributed by atoms with E-state index in [2.05, 4.69) is 0 Å². The van der Waals surface area contributed by atoms with Crippen molar-refractivity contribution in [2.24, 2.45) is 5.73 Å². The van der Waals surface area contributed by atoms with Crippen molar-refractivity contribution >= 4 is 40.9 Å². The van der Waals surface area contributed by atoms with Gasteiger partial charge in [0, 0.05) is 12.6 Å². The molecule has 1 aromatic carbocycles. The minimum atomic E-state index is -0.456. The highest BCUT2D eigenvalue weighted by molar-refractivity contribution is 7.98. The third-order valence-corrected chi connectivity index (χ3v) is 4.58. The van der Waals surface area contributed by atoms with Crippen molar-refractivity contribution in [3.05, 3.63) is 33.8 Å². The van der Waals surface area contributed by atoms with Crippen LogP contribution in [0.3, 0.4) is 0 Å².